The van der Waals surface area contributed by atoms with Crippen molar-refractivity contribution in [2.24, 2.45) is 11.8 Å². The molecule has 2 N–H and O–H groups in total. The van der Waals surface area contributed by atoms with Gasteiger partial charge in [-0.1, -0.05) is 20.8 Å². The van der Waals surface area contributed by atoms with Gasteiger partial charge in [-0.05, 0) is 24.8 Å². The number of carbonyl (C=O) groups excluding carboxylic acids is 1. The highest BCUT2D eigenvalue weighted by Crippen LogP contribution is 2.23. The highest BCUT2D eigenvalue weighted by atomic mass is 16.1. The van der Waals surface area contributed by atoms with Crippen LogP contribution in [0, 0.1) is 11.8 Å². The zero-order valence-electron chi connectivity index (χ0n) is 12.3. The number of hydrogen-bond donors (Lipinski definition) is 2. The van der Waals surface area contributed by atoms with Crippen molar-refractivity contribution < 1.29 is 4.79 Å². The maximum atomic E-state index is 10.9. The molecule has 4 nitrogen and oxygen atoms in total. The molecule has 0 aromatic rings. The van der Waals surface area contributed by atoms with Gasteiger partial charge in [0.05, 0.1) is 0 Å². The van der Waals surface area contributed by atoms with Crippen LogP contribution in [0.1, 0.15) is 34.1 Å². The van der Waals surface area contributed by atoms with Gasteiger partial charge in [-0.15, -0.1) is 0 Å². The summed E-state index contributed by atoms with van der Waals surface area (Å²) in [4.78, 5) is 13.4. The number of nitrogens with one attached hydrogen (secondary N) is 2. The first-order valence-electron chi connectivity index (χ1n) is 7.23. The van der Waals surface area contributed by atoms with Crippen LogP contribution in [0.15, 0.2) is 0 Å². The second kappa shape index (κ2) is 7.74. The molecule has 1 rings (SSSR count). The normalized spacial score (nSPS) is 25.4. The lowest BCUT2D eigenvalue weighted by Crippen LogP contribution is -2.51. The van der Waals surface area contributed by atoms with Gasteiger partial charge in [-0.25, -0.2) is 0 Å². The monoisotopic (exact) mass is 255 g/mol. The summed E-state index contributed by atoms with van der Waals surface area (Å²) in [5.74, 6) is 1.56. The summed E-state index contributed by atoms with van der Waals surface area (Å²) in [5, 5.41) is 6.45. The van der Waals surface area contributed by atoms with E-state index in [-0.39, 0.29) is 5.91 Å². The third-order valence-corrected chi connectivity index (χ3v) is 3.80. The van der Waals surface area contributed by atoms with E-state index in [9.17, 15) is 4.79 Å². The van der Waals surface area contributed by atoms with Crippen LogP contribution in [0.4, 0.5) is 0 Å². The van der Waals surface area contributed by atoms with Crippen LogP contribution in [0.5, 0.6) is 0 Å². The van der Waals surface area contributed by atoms with Gasteiger partial charge in [0.1, 0.15) is 0 Å². The summed E-state index contributed by atoms with van der Waals surface area (Å²) >= 11 is 0. The Morgan fingerprint density at radius 3 is 2.67 bits per heavy atom. The first-order valence-corrected chi connectivity index (χ1v) is 7.23. The van der Waals surface area contributed by atoms with E-state index in [1.807, 2.05) is 0 Å². The van der Waals surface area contributed by atoms with E-state index in [0.29, 0.717) is 6.04 Å². The fraction of sp³-hybridized carbons (Fsp3) is 0.929. The number of amides is 1. The summed E-state index contributed by atoms with van der Waals surface area (Å²) in [6.45, 7) is 13.4. The van der Waals surface area contributed by atoms with Crippen LogP contribution < -0.4 is 10.6 Å². The Morgan fingerprint density at radius 2 is 2.11 bits per heavy atom. The van der Waals surface area contributed by atoms with Crippen molar-refractivity contribution in [2.45, 2.75) is 40.2 Å². The Bertz CT molecular complexity index is 255. The molecule has 2 unspecified atom stereocenters. The largest absolute Gasteiger partial charge is 0.355 e. The number of hydrogen-bond acceptors (Lipinski definition) is 3. The molecule has 0 aromatic heterocycles. The smallest absolute Gasteiger partial charge is 0.216 e. The number of rotatable bonds is 6. The second-order valence-electron chi connectivity index (χ2n) is 5.74. The van der Waals surface area contributed by atoms with Crippen molar-refractivity contribution in [3.63, 3.8) is 0 Å². The molecule has 1 aliphatic rings. The zero-order chi connectivity index (χ0) is 13.5. The molecule has 1 fully saturated rings. The summed E-state index contributed by atoms with van der Waals surface area (Å²) in [6, 6.07) is 0.605. The van der Waals surface area contributed by atoms with Gasteiger partial charge in [-0.3, -0.25) is 9.69 Å². The molecule has 0 bridgehead atoms. The van der Waals surface area contributed by atoms with Crippen molar-refractivity contribution >= 4 is 5.91 Å². The SMILES string of the molecule is CCNC1CC(C(C)C)CN(CCNC(C)=O)C1. The lowest BCUT2D eigenvalue weighted by molar-refractivity contribution is -0.119. The average molecular weight is 255 g/mol. The lowest BCUT2D eigenvalue weighted by Gasteiger charge is -2.39. The van der Waals surface area contributed by atoms with Gasteiger partial charge in [0.2, 0.25) is 5.91 Å². The Labute approximate surface area is 111 Å². The van der Waals surface area contributed by atoms with Gasteiger partial charge in [-0.2, -0.15) is 0 Å². The molecule has 1 heterocycles. The van der Waals surface area contributed by atoms with Crippen molar-refractivity contribution in [1.82, 2.24) is 15.5 Å². The van der Waals surface area contributed by atoms with Crippen LogP contribution in [-0.2, 0) is 4.79 Å². The number of carbonyl (C=O) groups is 1. The van der Waals surface area contributed by atoms with Gasteiger partial charge in [0, 0.05) is 39.1 Å². The maximum Gasteiger partial charge on any atom is 0.216 e. The molecule has 0 aliphatic carbocycles. The van der Waals surface area contributed by atoms with E-state index in [4.69, 9.17) is 0 Å². The van der Waals surface area contributed by atoms with Crippen molar-refractivity contribution in [2.75, 3.05) is 32.7 Å². The second-order valence-corrected chi connectivity index (χ2v) is 5.74. The van der Waals surface area contributed by atoms with E-state index in [0.717, 1.165) is 38.0 Å². The van der Waals surface area contributed by atoms with E-state index < -0.39 is 0 Å². The third kappa shape index (κ3) is 5.36. The van der Waals surface area contributed by atoms with Crippen LogP contribution in [0.25, 0.3) is 0 Å². The molecular weight excluding hydrogens is 226 g/mol. The molecule has 0 saturated carbocycles. The Morgan fingerprint density at radius 1 is 1.39 bits per heavy atom. The Balaban J connectivity index is 2.42. The fourth-order valence-electron chi connectivity index (χ4n) is 2.72. The third-order valence-electron chi connectivity index (χ3n) is 3.80. The van der Waals surface area contributed by atoms with Crippen molar-refractivity contribution in [1.29, 1.82) is 0 Å². The molecule has 4 heteroatoms. The standard InChI is InChI=1S/C14H29N3O/c1-5-15-14-8-13(11(2)3)9-17(10-14)7-6-16-12(4)18/h11,13-15H,5-10H2,1-4H3,(H,16,18). The van der Waals surface area contributed by atoms with E-state index in [1.165, 1.54) is 13.0 Å². The molecular formula is C14H29N3O. The lowest BCUT2D eigenvalue weighted by atomic mass is 9.85. The van der Waals surface area contributed by atoms with Crippen LogP contribution in [0.2, 0.25) is 0 Å². The van der Waals surface area contributed by atoms with Gasteiger partial charge < -0.3 is 10.6 Å². The minimum atomic E-state index is 0.0654. The van der Waals surface area contributed by atoms with Crippen molar-refractivity contribution in [3.05, 3.63) is 0 Å². The van der Waals surface area contributed by atoms with E-state index in [1.54, 1.807) is 6.92 Å². The molecule has 1 amide bonds. The predicted molar refractivity (Wildman–Crippen MR) is 75.5 cm³/mol. The van der Waals surface area contributed by atoms with Gasteiger partial charge >= 0.3 is 0 Å². The Kier molecular flexibility index (Phi) is 6.65. The first-order chi connectivity index (χ1) is 8.52. The maximum absolute atomic E-state index is 10.9. The first kappa shape index (κ1) is 15.4. The molecule has 0 radical (unpaired) electrons. The minimum absolute atomic E-state index is 0.0654. The van der Waals surface area contributed by atoms with Crippen LogP contribution >= 0.6 is 0 Å². The average Bonchev–Trinajstić information content (AvgIpc) is 2.28. The molecule has 2 atom stereocenters. The van der Waals surface area contributed by atoms with Crippen LogP contribution in [0.3, 0.4) is 0 Å². The summed E-state index contributed by atoms with van der Waals surface area (Å²) in [7, 11) is 0. The number of nitrogens with zero attached hydrogens (tertiary/aromatic N) is 1. The van der Waals surface area contributed by atoms with E-state index in [2.05, 4.69) is 36.3 Å². The summed E-state index contributed by atoms with van der Waals surface area (Å²) < 4.78 is 0. The number of likely N-dealkylation sites (N-methyl/N-ethyl adjacent to an activating group) is 1. The summed E-state index contributed by atoms with van der Waals surface area (Å²) in [5.41, 5.74) is 0. The van der Waals surface area contributed by atoms with Crippen molar-refractivity contribution in [3.8, 4) is 0 Å². The summed E-state index contributed by atoms with van der Waals surface area (Å²) in [6.07, 6.45) is 1.28. The van der Waals surface area contributed by atoms with Gasteiger partial charge in [0.25, 0.3) is 0 Å². The molecule has 18 heavy (non-hydrogen) atoms. The number of piperidine rings is 1. The minimum Gasteiger partial charge on any atom is -0.355 e. The topological polar surface area (TPSA) is 44.4 Å². The predicted octanol–water partition coefficient (Wildman–Crippen LogP) is 1.08. The van der Waals surface area contributed by atoms with Crippen LogP contribution in [-0.4, -0.2) is 49.6 Å². The molecule has 1 aliphatic heterocycles. The molecule has 106 valence electrons. The quantitative estimate of drug-likeness (QED) is 0.746. The zero-order valence-corrected chi connectivity index (χ0v) is 12.3. The van der Waals surface area contributed by atoms with E-state index >= 15 is 0 Å². The molecule has 0 spiro atoms. The molecule has 0 aromatic carbocycles. The highest BCUT2D eigenvalue weighted by molar-refractivity contribution is 5.72. The van der Waals surface area contributed by atoms with Gasteiger partial charge in [0.15, 0.2) is 0 Å². The number of likely N-dealkylation sites (tertiary alicyclic amines) is 1. The fourth-order valence-corrected chi connectivity index (χ4v) is 2.72. The Hall–Kier alpha value is -0.610. The molecule has 1 saturated heterocycles. The highest BCUT2D eigenvalue weighted by Gasteiger charge is 2.28.